The molecule has 7 nitrogen and oxygen atoms in total. The highest BCUT2D eigenvalue weighted by Crippen LogP contribution is 2.39. The summed E-state index contributed by atoms with van der Waals surface area (Å²) in [5, 5.41) is 3.17. The summed E-state index contributed by atoms with van der Waals surface area (Å²) in [4.78, 5) is 0.0343. The third-order valence-electron chi connectivity index (χ3n) is 3.68. The minimum Gasteiger partial charge on any atom is -0.496 e. The first-order valence-electron chi connectivity index (χ1n) is 6.98. The molecule has 132 valence electrons. The Kier molecular flexibility index (Phi) is 6.94. The van der Waals surface area contributed by atoms with Gasteiger partial charge in [-0.2, -0.15) is 4.31 Å². The van der Waals surface area contributed by atoms with E-state index in [0.29, 0.717) is 25.4 Å². The average molecular weight is 367 g/mol. The van der Waals surface area contributed by atoms with Crippen LogP contribution in [-0.4, -0.2) is 59.7 Å². The number of nitrogens with one attached hydrogen (secondary N) is 1. The van der Waals surface area contributed by atoms with Gasteiger partial charge in [0, 0.05) is 37.8 Å². The number of nitrogens with zero attached hydrogens (tertiary/aromatic N) is 1. The predicted octanol–water partition coefficient (Wildman–Crippen LogP) is 1.12. The van der Waals surface area contributed by atoms with Crippen molar-refractivity contribution in [3.05, 3.63) is 12.1 Å². The third-order valence-corrected chi connectivity index (χ3v) is 5.76. The third kappa shape index (κ3) is 3.82. The molecule has 1 aliphatic rings. The van der Waals surface area contributed by atoms with Gasteiger partial charge in [0.15, 0.2) is 4.90 Å². The molecule has 1 aromatic carbocycles. The predicted molar refractivity (Wildman–Crippen MR) is 89.6 cm³/mol. The van der Waals surface area contributed by atoms with Gasteiger partial charge in [0.25, 0.3) is 10.0 Å². The van der Waals surface area contributed by atoms with Crippen molar-refractivity contribution in [3.63, 3.8) is 0 Å². The summed E-state index contributed by atoms with van der Waals surface area (Å²) in [5.41, 5.74) is 0. The van der Waals surface area contributed by atoms with Crippen LogP contribution in [0.2, 0.25) is 0 Å². The topological polar surface area (TPSA) is 77.1 Å². The summed E-state index contributed by atoms with van der Waals surface area (Å²) in [6, 6.07) is 2.94. The molecule has 0 saturated carbocycles. The van der Waals surface area contributed by atoms with Gasteiger partial charge in [0.2, 0.25) is 0 Å². The van der Waals surface area contributed by atoms with Crippen LogP contribution in [0.25, 0.3) is 0 Å². The van der Waals surface area contributed by atoms with Gasteiger partial charge in [-0.3, -0.25) is 0 Å². The van der Waals surface area contributed by atoms with Gasteiger partial charge < -0.3 is 19.5 Å². The number of sulfonamides is 1. The number of halogens is 1. The second-order valence-corrected chi connectivity index (χ2v) is 6.86. The van der Waals surface area contributed by atoms with Crippen molar-refractivity contribution in [2.75, 3.05) is 41.0 Å². The van der Waals surface area contributed by atoms with Gasteiger partial charge in [0.1, 0.15) is 17.2 Å². The number of ether oxygens (including phenoxy) is 3. The van der Waals surface area contributed by atoms with E-state index in [1.807, 2.05) is 6.92 Å². The van der Waals surface area contributed by atoms with Crippen molar-refractivity contribution in [1.82, 2.24) is 9.62 Å². The quantitative estimate of drug-likeness (QED) is 0.841. The number of hydrogen-bond donors (Lipinski definition) is 1. The monoisotopic (exact) mass is 366 g/mol. The van der Waals surface area contributed by atoms with E-state index < -0.39 is 10.0 Å². The standard InChI is InChI=1S/C14H22N2O5S.ClH/c1-10-9-15-5-6-16(10)22(17,18)14-12(20-3)7-11(19-2)8-13(14)21-4;/h7-8,10,15H,5-6,9H2,1-4H3;1H. The van der Waals surface area contributed by atoms with E-state index in [2.05, 4.69) is 5.32 Å². The molecule has 1 aromatic rings. The molecule has 9 heteroatoms. The number of piperazine rings is 1. The number of hydrogen-bond acceptors (Lipinski definition) is 6. The Morgan fingerprint density at radius 3 is 2.13 bits per heavy atom. The van der Waals surface area contributed by atoms with Gasteiger partial charge in [-0.15, -0.1) is 12.4 Å². The minimum atomic E-state index is -3.73. The molecule has 23 heavy (non-hydrogen) atoms. The van der Waals surface area contributed by atoms with E-state index in [1.54, 1.807) is 12.1 Å². The average Bonchev–Trinajstić information content (AvgIpc) is 2.53. The summed E-state index contributed by atoms with van der Waals surface area (Å²) in [5.74, 6) is 0.893. The van der Waals surface area contributed by atoms with Crippen LogP contribution in [-0.2, 0) is 10.0 Å². The van der Waals surface area contributed by atoms with Crippen LogP contribution in [0, 0.1) is 0 Å². The summed E-state index contributed by atoms with van der Waals surface area (Å²) < 4.78 is 43.3. The highest BCUT2D eigenvalue weighted by molar-refractivity contribution is 7.89. The Hall–Kier alpha value is -1.22. The van der Waals surface area contributed by atoms with Crippen molar-refractivity contribution in [2.24, 2.45) is 0 Å². The molecule has 1 heterocycles. The Bertz CT molecular complexity index is 613. The summed E-state index contributed by atoms with van der Waals surface area (Å²) in [6.45, 7) is 3.50. The van der Waals surface area contributed by atoms with Gasteiger partial charge in [-0.05, 0) is 6.92 Å². The lowest BCUT2D eigenvalue weighted by molar-refractivity contribution is 0.280. The fraction of sp³-hybridized carbons (Fsp3) is 0.571. The molecule has 0 spiro atoms. The van der Waals surface area contributed by atoms with Crippen molar-refractivity contribution >= 4 is 22.4 Å². The van der Waals surface area contributed by atoms with E-state index in [4.69, 9.17) is 14.2 Å². The first-order chi connectivity index (χ1) is 10.5. The first-order valence-corrected chi connectivity index (χ1v) is 8.42. The fourth-order valence-electron chi connectivity index (χ4n) is 2.52. The second-order valence-electron chi connectivity index (χ2n) is 5.03. The molecule has 2 rings (SSSR count). The second kappa shape index (κ2) is 8.05. The Morgan fingerprint density at radius 2 is 1.70 bits per heavy atom. The molecular weight excluding hydrogens is 344 g/mol. The zero-order chi connectivity index (χ0) is 16.3. The van der Waals surface area contributed by atoms with Crippen LogP contribution in [0.15, 0.2) is 17.0 Å². The van der Waals surface area contributed by atoms with Crippen LogP contribution in [0.4, 0.5) is 0 Å². The van der Waals surface area contributed by atoms with Crippen LogP contribution < -0.4 is 19.5 Å². The number of methoxy groups -OCH3 is 3. The van der Waals surface area contributed by atoms with E-state index in [0.717, 1.165) is 0 Å². The normalized spacial score (nSPS) is 18.9. The molecule has 1 N–H and O–H groups in total. The Morgan fingerprint density at radius 1 is 1.13 bits per heavy atom. The molecule has 1 unspecified atom stereocenters. The highest BCUT2D eigenvalue weighted by atomic mass is 35.5. The maximum Gasteiger partial charge on any atom is 0.250 e. The molecular formula is C14H23ClN2O5S. The van der Waals surface area contributed by atoms with E-state index in [9.17, 15) is 8.42 Å². The highest BCUT2D eigenvalue weighted by Gasteiger charge is 2.36. The Balaban J connectivity index is 0.00000264. The van der Waals surface area contributed by atoms with Crippen molar-refractivity contribution in [2.45, 2.75) is 17.9 Å². The zero-order valence-electron chi connectivity index (χ0n) is 13.7. The number of benzene rings is 1. The van der Waals surface area contributed by atoms with Gasteiger partial charge in [-0.25, -0.2) is 8.42 Å². The maximum absolute atomic E-state index is 13.1. The van der Waals surface area contributed by atoms with E-state index in [1.165, 1.54) is 25.6 Å². The van der Waals surface area contributed by atoms with Crippen LogP contribution in [0.1, 0.15) is 6.92 Å². The van der Waals surface area contributed by atoms with E-state index in [-0.39, 0.29) is 34.8 Å². The smallest absolute Gasteiger partial charge is 0.250 e. The van der Waals surface area contributed by atoms with Crippen molar-refractivity contribution in [1.29, 1.82) is 0 Å². The van der Waals surface area contributed by atoms with Crippen LogP contribution in [0.5, 0.6) is 17.2 Å². The molecule has 0 amide bonds. The summed E-state index contributed by atoms with van der Waals surface area (Å²) >= 11 is 0. The fourth-order valence-corrected chi connectivity index (χ4v) is 4.43. The first kappa shape index (κ1) is 19.8. The molecule has 0 aromatic heterocycles. The molecule has 1 aliphatic heterocycles. The van der Waals surface area contributed by atoms with Gasteiger partial charge in [0.05, 0.1) is 21.3 Å². The van der Waals surface area contributed by atoms with E-state index >= 15 is 0 Å². The number of rotatable bonds is 5. The lowest BCUT2D eigenvalue weighted by atomic mass is 10.3. The lowest BCUT2D eigenvalue weighted by Crippen LogP contribution is -2.52. The summed E-state index contributed by atoms with van der Waals surface area (Å²) in [7, 11) is 0.617. The molecule has 0 aliphatic carbocycles. The van der Waals surface area contributed by atoms with Crippen LogP contribution in [0.3, 0.4) is 0 Å². The largest absolute Gasteiger partial charge is 0.496 e. The van der Waals surface area contributed by atoms with Crippen LogP contribution >= 0.6 is 12.4 Å². The lowest BCUT2D eigenvalue weighted by Gasteiger charge is -2.33. The molecule has 1 atom stereocenters. The molecule has 1 fully saturated rings. The van der Waals surface area contributed by atoms with Gasteiger partial charge >= 0.3 is 0 Å². The zero-order valence-corrected chi connectivity index (χ0v) is 15.3. The molecule has 0 bridgehead atoms. The molecule has 0 radical (unpaired) electrons. The van der Waals surface area contributed by atoms with Crippen molar-refractivity contribution < 1.29 is 22.6 Å². The summed E-state index contributed by atoms with van der Waals surface area (Å²) in [6.07, 6.45) is 0. The Labute approximate surface area is 143 Å². The molecule has 1 saturated heterocycles. The SMILES string of the molecule is COc1cc(OC)c(S(=O)(=O)N2CCNCC2C)c(OC)c1.Cl. The van der Waals surface area contributed by atoms with Crippen molar-refractivity contribution in [3.8, 4) is 17.2 Å². The minimum absolute atomic E-state index is 0. The maximum atomic E-state index is 13.1. The van der Waals surface area contributed by atoms with Gasteiger partial charge in [-0.1, -0.05) is 0 Å².